The predicted molar refractivity (Wildman–Crippen MR) is 168 cm³/mol. The average Bonchev–Trinajstić information content (AvgIpc) is 3.55. The molecule has 1 fully saturated rings. The van der Waals surface area contributed by atoms with Gasteiger partial charge < -0.3 is 19.7 Å². The summed E-state index contributed by atoms with van der Waals surface area (Å²) in [6.07, 6.45) is 5.47. The number of amides is 1. The van der Waals surface area contributed by atoms with Gasteiger partial charge in [0.15, 0.2) is 11.6 Å². The minimum Gasteiger partial charge on any atom is -0.497 e. The Labute approximate surface area is 255 Å². The number of carbonyl (C=O) groups is 3. The van der Waals surface area contributed by atoms with Crippen molar-refractivity contribution in [1.29, 1.82) is 0 Å². The minimum absolute atomic E-state index is 0.250. The monoisotopic (exact) mass is 582 g/mol. The Morgan fingerprint density at radius 3 is 2.27 bits per heavy atom. The van der Waals surface area contributed by atoms with Gasteiger partial charge in [-0.3, -0.25) is 14.4 Å². The zero-order valence-electron chi connectivity index (χ0n) is 24.1. The maximum atomic E-state index is 14.9. The van der Waals surface area contributed by atoms with Gasteiger partial charge in [0, 0.05) is 23.0 Å². The third-order valence-electron chi connectivity index (χ3n) is 9.00. The second kappa shape index (κ2) is 10.7. The van der Waals surface area contributed by atoms with Crippen molar-refractivity contribution in [2.75, 3.05) is 19.0 Å². The van der Waals surface area contributed by atoms with Crippen molar-refractivity contribution < 1.29 is 23.9 Å². The topological polar surface area (TPSA) is 84.9 Å². The first-order chi connectivity index (χ1) is 21.5. The fourth-order valence-corrected chi connectivity index (χ4v) is 7.14. The lowest BCUT2D eigenvalue weighted by Gasteiger charge is -2.38. The van der Waals surface area contributed by atoms with Crippen LogP contribution in [0.15, 0.2) is 116 Å². The number of ketones is 2. The highest BCUT2D eigenvalue weighted by atomic mass is 16.5. The largest absolute Gasteiger partial charge is 0.497 e. The van der Waals surface area contributed by atoms with Gasteiger partial charge in [0.1, 0.15) is 29.6 Å². The molecular weight excluding hydrogens is 552 g/mol. The number of ether oxygens (including phenoxy) is 2. The van der Waals surface area contributed by atoms with Crippen LogP contribution in [0, 0.1) is 5.92 Å². The van der Waals surface area contributed by atoms with Crippen LogP contribution < -0.4 is 14.8 Å². The molecule has 0 unspecified atom stereocenters. The van der Waals surface area contributed by atoms with E-state index in [4.69, 9.17) is 9.47 Å². The van der Waals surface area contributed by atoms with E-state index in [0.29, 0.717) is 40.5 Å². The Hall–Kier alpha value is -5.43. The van der Waals surface area contributed by atoms with Gasteiger partial charge in [0.05, 0.1) is 19.1 Å². The molecule has 1 spiro atoms. The van der Waals surface area contributed by atoms with Crippen LogP contribution in [0.4, 0.5) is 5.69 Å². The van der Waals surface area contributed by atoms with E-state index < -0.39 is 23.4 Å². The van der Waals surface area contributed by atoms with E-state index in [2.05, 4.69) is 11.9 Å². The van der Waals surface area contributed by atoms with Crippen molar-refractivity contribution in [3.05, 3.63) is 144 Å². The molecule has 3 aliphatic heterocycles. The van der Waals surface area contributed by atoms with Gasteiger partial charge in [-0.1, -0.05) is 55.1 Å². The van der Waals surface area contributed by atoms with E-state index in [1.54, 1.807) is 61.7 Å². The second-order valence-corrected chi connectivity index (χ2v) is 11.2. The lowest BCUT2D eigenvalue weighted by molar-refractivity contribution is -0.122. The number of para-hydroxylation sites is 1. The van der Waals surface area contributed by atoms with E-state index in [0.717, 1.165) is 11.1 Å². The van der Waals surface area contributed by atoms with Crippen LogP contribution in [0.25, 0.3) is 6.08 Å². The first-order valence-electron chi connectivity index (χ1n) is 14.5. The van der Waals surface area contributed by atoms with Crippen LogP contribution in [0.2, 0.25) is 0 Å². The molecule has 3 aliphatic rings. The van der Waals surface area contributed by atoms with Crippen molar-refractivity contribution >= 4 is 29.2 Å². The summed E-state index contributed by atoms with van der Waals surface area (Å²) in [5.41, 5.74) is 2.61. The number of hydrogen-bond donors (Lipinski definition) is 1. The number of nitrogens with one attached hydrogen (secondary N) is 1. The van der Waals surface area contributed by atoms with Crippen molar-refractivity contribution in [3.8, 4) is 11.5 Å². The summed E-state index contributed by atoms with van der Waals surface area (Å²) in [5.74, 6) is -0.690. The number of nitrogens with zero attached hydrogens (tertiary/aromatic N) is 1. The summed E-state index contributed by atoms with van der Waals surface area (Å²) in [6, 6.07) is 27.5. The number of benzene rings is 4. The van der Waals surface area contributed by atoms with Crippen molar-refractivity contribution in [3.63, 3.8) is 0 Å². The van der Waals surface area contributed by atoms with E-state index >= 15 is 0 Å². The Morgan fingerprint density at radius 2 is 1.55 bits per heavy atom. The highest BCUT2D eigenvalue weighted by Crippen LogP contribution is 2.62. The maximum absolute atomic E-state index is 14.9. The molecule has 3 heterocycles. The molecule has 4 atom stereocenters. The Kier molecular flexibility index (Phi) is 6.66. The van der Waals surface area contributed by atoms with Gasteiger partial charge in [-0.05, 0) is 77.4 Å². The molecular formula is C37H30N2O5. The summed E-state index contributed by atoms with van der Waals surface area (Å²) in [7, 11) is 1.57. The van der Waals surface area contributed by atoms with Gasteiger partial charge in [0.2, 0.25) is 5.91 Å². The molecule has 7 nitrogen and oxygen atoms in total. The number of hydrogen-bond acceptors (Lipinski definition) is 6. The number of rotatable bonds is 8. The molecule has 7 rings (SSSR count). The van der Waals surface area contributed by atoms with Gasteiger partial charge in [-0.2, -0.15) is 0 Å². The summed E-state index contributed by atoms with van der Waals surface area (Å²) in [6.45, 7) is 4.02. The normalized spacial score (nSPS) is 22.5. The second-order valence-electron chi connectivity index (χ2n) is 11.2. The zero-order chi connectivity index (χ0) is 30.4. The molecule has 4 aromatic rings. The summed E-state index contributed by atoms with van der Waals surface area (Å²) in [4.78, 5) is 46.1. The molecule has 0 aromatic heterocycles. The molecule has 44 heavy (non-hydrogen) atoms. The Bertz CT molecular complexity index is 1830. The number of fused-ring (bicyclic) bond motifs is 6. The van der Waals surface area contributed by atoms with Crippen molar-refractivity contribution in [2.45, 2.75) is 17.5 Å². The van der Waals surface area contributed by atoms with Crippen LogP contribution in [-0.4, -0.2) is 42.1 Å². The lowest BCUT2D eigenvalue weighted by atomic mass is 9.62. The predicted octanol–water partition coefficient (Wildman–Crippen LogP) is 6.24. The van der Waals surface area contributed by atoms with Crippen LogP contribution >= 0.6 is 0 Å². The summed E-state index contributed by atoms with van der Waals surface area (Å²) >= 11 is 0. The fourth-order valence-electron chi connectivity index (χ4n) is 7.14. The van der Waals surface area contributed by atoms with Crippen LogP contribution in [0.1, 0.15) is 43.4 Å². The van der Waals surface area contributed by atoms with Gasteiger partial charge in [0.25, 0.3) is 0 Å². The van der Waals surface area contributed by atoms with Crippen LogP contribution in [0.3, 0.4) is 0 Å². The molecule has 4 aromatic carbocycles. The average molecular weight is 583 g/mol. The SMILES string of the molecule is C=CCOc1ccc(C(=O)[C@@H]2[C@@H](C(=O)c3ccc(OC)cc3)N3C=Cc4ccccc4[C@@H]3[C@@]23C(=O)Nc2ccccc23)cc1. The van der Waals surface area contributed by atoms with Crippen LogP contribution in [-0.2, 0) is 10.2 Å². The van der Waals surface area contributed by atoms with E-state index in [-0.39, 0.29) is 17.5 Å². The lowest BCUT2D eigenvalue weighted by Crippen LogP contribution is -2.49. The molecule has 0 aliphatic carbocycles. The molecule has 1 N–H and O–H groups in total. The minimum atomic E-state index is -1.39. The standard InChI is InChI=1S/C37H30N2O5/c1-3-22-44-27-18-14-24(15-19-27)33(40)31-32(34(41)25-12-16-26(43-2)17-13-25)39-21-20-23-8-4-5-9-28(23)35(39)37(31)29-10-6-7-11-30(29)38-36(37)42/h3-21,31-32,35H,1,22H2,2H3,(H,38,42)/t31-,32-,35+,37-/m0/s1. The molecule has 7 heteroatoms. The smallest absolute Gasteiger partial charge is 0.238 e. The molecule has 0 bridgehead atoms. The number of methoxy groups -OCH3 is 1. The third kappa shape index (κ3) is 4.00. The number of carbonyl (C=O) groups excluding carboxylic acids is 3. The van der Waals surface area contributed by atoms with E-state index in [1.807, 2.05) is 65.7 Å². The third-order valence-corrected chi connectivity index (χ3v) is 9.00. The molecule has 218 valence electrons. The quantitative estimate of drug-likeness (QED) is 0.196. The highest BCUT2D eigenvalue weighted by molar-refractivity contribution is 6.16. The molecule has 1 amide bonds. The first kappa shape index (κ1) is 27.4. The summed E-state index contributed by atoms with van der Waals surface area (Å²) < 4.78 is 11.0. The molecule has 0 radical (unpaired) electrons. The van der Waals surface area contributed by atoms with Gasteiger partial charge in [-0.25, -0.2) is 0 Å². The van der Waals surface area contributed by atoms with Crippen LogP contribution in [0.5, 0.6) is 11.5 Å². The number of anilines is 1. The first-order valence-corrected chi connectivity index (χ1v) is 14.5. The highest BCUT2D eigenvalue weighted by Gasteiger charge is 2.70. The molecule has 0 saturated carbocycles. The zero-order valence-corrected chi connectivity index (χ0v) is 24.1. The summed E-state index contributed by atoms with van der Waals surface area (Å²) in [5, 5.41) is 3.08. The van der Waals surface area contributed by atoms with Gasteiger partial charge in [-0.15, -0.1) is 0 Å². The maximum Gasteiger partial charge on any atom is 0.238 e. The van der Waals surface area contributed by atoms with Crippen molar-refractivity contribution in [1.82, 2.24) is 4.90 Å². The van der Waals surface area contributed by atoms with E-state index in [1.165, 1.54) is 0 Å². The number of Topliss-reactive ketones (excluding diaryl/α,β-unsaturated/α-hetero) is 2. The van der Waals surface area contributed by atoms with Crippen molar-refractivity contribution in [2.24, 2.45) is 5.92 Å². The van der Waals surface area contributed by atoms with Gasteiger partial charge >= 0.3 is 0 Å². The Morgan fingerprint density at radius 1 is 0.886 bits per heavy atom. The molecule has 1 saturated heterocycles. The fraction of sp³-hybridized carbons (Fsp3) is 0.162. The Balaban J connectivity index is 1.46. The van der Waals surface area contributed by atoms with E-state index in [9.17, 15) is 14.4 Å².